The van der Waals surface area contributed by atoms with E-state index in [4.69, 9.17) is 5.11 Å². The molecule has 2 amide bonds. The van der Waals surface area contributed by atoms with E-state index in [-0.39, 0.29) is 6.42 Å². The van der Waals surface area contributed by atoms with E-state index in [0.717, 1.165) is 0 Å². The zero-order valence-electron chi connectivity index (χ0n) is 10.7. The van der Waals surface area contributed by atoms with Gasteiger partial charge >= 0.3 is 12.1 Å². The summed E-state index contributed by atoms with van der Waals surface area (Å²) >= 11 is 0. The Labute approximate surface area is 113 Å². The third kappa shape index (κ3) is 8.95. The average Bonchev–Trinajstić information content (AvgIpc) is 2.30. The number of carbonyl (C=O) groups is 3. The third-order valence-electron chi connectivity index (χ3n) is 2.05. The van der Waals surface area contributed by atoms with Crippen molar-refractivity contribution in [2.45, 2.75) is 32.0 Å². The van der Waals surface area contributed by atoms with Crippen LogP contribution in [0.2, 0.25) is 0 Å². The summed E-state index contributed by atoms with van der Waals surface area (Å²) in [4.78, 5) is 33.1. The Kier molecular flexibility index (Phi) is 7.34. The second-order valence-corrected chi connectivity index (χ2v) is 3.83. The van der Waals surface area contributed by atoms with Crippen LogP contribution in [0, 0.1) is 0 Å². The Morgan fingerprint density at radius 1 is 1.25 bits per heavy atom. The molecular weight excluding hydrogens is 281 g/mol. The SMILES string of the molecule is C/C=C/CC(NC(=O)CC(=O)NCC(F)(F)F)C(=O)O. The number of amides is 2. The number of hydrogen-bond acceptors (Lipinski definition) is 3. The first-order valence-corrected chi connectivity index (χ1v) is 5.62. The van der Waals surface area contributed by atoms with Crippen molar-refractivity contribution in [3.63, 3.8) is 0 Å². The number of rotatable bonds is 7. The van der Waals surface area contributed by atoms with Gasteiger partial charge in [0, 0.05) is 0 Å². The van der Waals surface area contributed by atoms with Crippen molar-refractivity contribution >= 4 is 17.8 Å². The van der Waals surface area contributed by atoms with Crippen LogP contribution in [0.1, 0.15) is 19.8 Å². The van der Waals surface area contributed by atoms with Crippen molar-refractivity contribution in [2.75, 3.05) is 6.54 Å². The second-order valence-electron chi connectivity index (χ2n) is 3.83. The van der Waals surface area contributed by atoms with E-state index in [0.29, 0.717) is 0 Å². The number of nitrogens with one attached hydrogen (secondary N) is 2. The molecule has 0 aromatic rings. The van der Waals surface area contributed by atoms with Crippen LogP contribution in [-0.4, -0.2) is 41.7 Å². The number of carbonyl (C=O) groups excluding carboxylic acids is 2. The lowest BCUT2D eigenvalue weighted by molar-refractivity contribution is -0.144. The first-order chi connectivity index (χ1) is 9.15. The molecule has 0 aromatic heterocycles. The maximum atomic E-state index is 11.8. The minimum absolute atomic E-state index is 0.0156. The molecule has 9 heteroatoms. The smallest absolute Gasteiger partial charge is 0.405 e. The highest BCUT2D eigenvalue weighted by Crippen LogP contribution is 2.12. The van der Waals surface area contributed by atoms with Gasteiger partial charge in [0.1, 0.15) is 19.0 Å². The van der Waals surface area contributed by atoms with Crippen molar-refractivity contribution in [3.8, 4) is 0 Å². The van der Waals surface area contributed by atoms with Crippen LogP contribution in [0.4, 0.5) is 13.2 Å². The lowest BCUT2D eigenvalue weighted by Crippen LogP contribution is -2.43. The molecular formula is C11H15F3N2O4. The van der Waals surface area contributed by atoms with Crippen LogP contribution < -0.4 is 10.6 Å². The fourth-order valence-electron chi connectivity index (χ4n) is 1.15. The van der Waals surface area contributed by atoms with E-state index in [9.17, 15) is 27.6 Å². The first kappa shape index (κ1) is 17.9. The normalized spacial score (nSPS) is 13.0. The van der Waals surface area contributed by atoms with Gasteiger partial charge in [-0.25, -0.2) is 4.79 Å². The van der Waals surface area contributed by atoms with Crippen molar-refractivity contribution < 1.29 is 32.7 Å². The number of halogens is 3. The lowest BCUT2D eigenvalue weighted by atomic mass is 10.2. The molecule has 0 saturated carbocycles. The van der Waals surface area contributed by atoms with E-state index < -0.39 is 43.0 Å². The predicted octanol–water partition coefficient (Wildman–Crippen LogP) is 0.591. The lowest BCUT2D eigenvalue weighted by Gasteiger charge is -2.13. The standard InChI is InChI=1S/C11H15F3N2O4/c1-2-3-4-7(10(19)20)16-9(18)5-8(17)15-6-11(12,13)14/h2-3,7H,4-6H2,1H3,(H,15,17)(H,16,18)(H,19,20)/b3-2+. The molecule has 114 valence electrons. The summed E-state index contributed by atoms with van der Waals surface area (Å²) in [6.07, 6.45) is -2.33. The van der Waals surface area contributed by atoms with Gasteiger partial charge in [-0.1, -0.05) is 12.2 Å². The molecule has 0 rings (SSSR count). The van der Waals surface area contributed by atoms with E-state index in [2.05, 4.69) is 0 Å². The van der Waals surface area contributed by atoms with E-state index in [1.54, 1.807) is 13.0 Å². The Morgan fingerprint density at radius 2 is 1.85 bits per heavy atom. The molecule has 0 bridgehead atoms. The second kappa shape index (κ2) is 8.18. The number of alkyl halides is 3. The molecule has 0 aliphatic heterocycles. The quantitative estimate of drug-likeness (QED) is 0.473. The van der Waals surface area contributed by atoms with Crippen molar-refractivity contribution in [3.05, 3.63) is 12.2 Å². The monoisotopic (exact) mass is 296 g/mol. The number of allylic oxidation sites excluding steroid dienone is 1. The summed E-state index contributed by atoms with van der Waals surface area (Å²) in [5.41, 5.74) is 0. The van der Waals surface area contributed by atoms with Gasteiger partial charge in [-0.05, 0) is 13.3 Å². The van der Waals surface area contributed by atoms with Gasteiger partial charge < -0.3 is 15.7 Å². The van der Waals surface area contributed by atoms with E-state index in [1.807, 2.05) is 5.32 Å². The molecule has 1 unspecified atom stereocenters. The van der Waals surface area contributed by atoms with Gasteiger partial charge in [-0.2, -0.15) is 13.2 Å². The largest absolute Gasteiger partial charge is 0.480 e. The number of carboxylic acids is 1. The number of carboxylic acid groups (broad SMARTS) is 1. The molecule has 6 nitrogen and oxygen atoms in total. The summed E-state index contributed by atoms with van der Waals surface area (Å²) in [6.45, 7) is 0.116. The number of aliphatic carboxylic acids is 1. The molecule has 1 atom stereocenters. The van der Waals surface area contributed by atoms with Gasteiger partial charge in [0.25, 0.3) is 0 Å². The highest BCUT2D eigenvalue weighted by Gasteiger charge is 2.28. The predicted molar refractivity (Wildman–Crippen MR) is 62.7 cm³/mol. The Hall–Kier alpha value is -2.06. The van der Waals surface area contributed by atoms with Crippen LogP contribution in [0.5, 0.6) is 0 Å². The van der Waals surface area contributed by atoms with Gasteiger partial charge in [-0.3, -0.25) is 9.59 Å². The molecule has 0 fully saturated rings. The van der Waals surface area contributed by atoms with Crippen molar-refractivity contribution in [2.24, 2.45) is 0 Å². The molecule has 0 saturated heterocycles. The highest BCUT2D eigenvalue weighted by molar-refractivity contribution is 5.98. The summed E-state index contributed by atoms with van der Waals surface area (Å²) in [7, 11) is 0. The summed E-state index contributed by atoms with van der Waals surface area (Å²) in [5, 5.41) is 12.4. The number of hydrogen-bond donors (Lipinski definition) is 3. The minimum Gasteiger partial charge on any atom is -0.480 e. The van der Waals surface area contributed by atoms with Crippen LogP contribution in [0.15, 0.2) is 12.2 Å². The van der Waals surface area contributed by atoms with Crippen LogP contribution in [-0.2, 0) is 14.4 Å². The Bertz CT molecular complexity index is 394. The molecule has 0 spiro atoms. The summed E-state index contributed by atoms with van der Waals surface area (Å²) in [6, 6.07) is -1.23. The topological polar surface area (TPSA) is 95.5 Å². The Balaban J connectivity index is 4.25. The van der Waals surface area contributed by atoms with Gasteiger partial charge in [0.2, 0.25) is 11.8 Å². The van der Waals surface area contributed by atoms with E-state index >= 15 is 0 Å². The third-order valence-corrected chi connectivity index (χ3v) is 2.05. The molecule has 20 heavy (non-hydrogen) atoms. The molecule has 0 radical (unpaired) electrons. The van der Waals surface area contributed by atoms with E-state index in [1.165, 1.54) is 11.4 Å². The van der Waals surface area contributed by atoms with Gasteiger partial charge in [-0.15, -0.1) is 0 Å². The van der Waals surface area contributed by atoms with Crippen molar-refractivity contribution in [1.29, 1.82) is 0 Å². The molecule has 0 aliphatic carbocycles. The molecule has 0 aromatic carbocycles. The molecule has 0 aliphatic rings. The van der Waals surface area contributed by atoms with Gasteiger partial charge in [0.05, 0.1) is 0 Å². The Morgan fingerprint density at radius 3 is 2.30 bits per heavy atom. The first-order valence-electron chi connectivity index (χ1n) is 5.62. The fraction of sp³-hybridized carbons (Fsp3) is 0.545. The molecule has 0 heterocycles. The van der Waals surface area contributed by atoms with Crippen molar-refractivity contribution in [1.82, 2.24) is 10.6 Å². The van der Waals surface area contributed by atoms with Crippen LogP contribution in [0.3, 0.4) is 0 Å². The minimum atomic E-state index is -4.57. The maximum absolute atomic E-state index is 11.8. The maximum Gasteiger partial charge on any atom is 0.405 e. The molecule has 3 N–H and O–H groups in total. The van der Waals surface area contributed by atoms with Crippen LogP contribution in [0.25, 0.3) is 0 Å². The van der Waals surface area contributed by atoms with Crippen LogP contribution >= 0.6 is 0 Å². The average molecular weight is 296 g/mol. The highest BCUT2D eigenvalue weighted by atomic mass is 19.4. The zero-order valence-corrected chi connectivity index (χ0v) is 10.7. The van der Waals surface area contributed by atoms with Gasteiger partial charge in [0.15, 0.2) is 0 Å². The fourth-order valence-corrected chi connectivity index (χ4v) is 1.15. The zero-order chi connectivity index (χ0) is 15.8. The summed E-state index contributed by atoms with van der Waals surface area (Å²) < 4.78 is 35.4. The summed E-state index contributed by atoms with van der Waals surface area (Å²) in [5.74, 6) is -3.39.